The molecule has 0 bridgehead atoms. The lowest BCUT2D eigenvalue weighted by molar-refractivity contribution is 0.213. The molecule has 130 valence electrons. The van der Waals surface area contributed by atoms with E-state index < -0.39 is 0 Å². The van der Waals surface area contributed by atoms with Gasteiger partial charge in [-0.1, -0.05) is 41.0 Å². The first-order chi connectivity index (χ1) is 12.1. The standard InChI is InChI=1S/C19H20ClN3O2/c1-14-5-3-4-6-17(14)19-21-18(25-22-19)13-23(2)11-12-24-16-9-7-15(20)8-10-16/h3-10H,11-13H2,1-2H3. The number of aryl methyl sites for hydroxylation is 1. The summed E-state index contributed by atoms with van der Waals surface area (Å²) in [5.74, 6) is 2.02. The first kappa shape index (κ1) is 17.5. The maximum atomic E-state index is 5.86. The van der Waals surface area contributed by atoms with Crippen LogP contribution in [0.4, 0.5) is 0 Å². The number of aromatic nitrogens is 2. The van der Waals surface area contributed by atoms with E-state index in [1.807, 2.05) is 62.5 Å². The normalized spacial score (nSPS) is 11.0. The van der Waals surface area contributed by atoms with Gasteiger partial charge in [-0.15, -0.1) is 0 Å². The zero-order valence-electron chi connectivity index (χ0n) is 14.3. The molecule has 0 atom stereocenters. The highest BCUT2D eigenvalue weighted by Crippen LogP contribution is 2.20. The summed E-state index contributed by atoms with van der Waals surface area (Å²) in [6.07, 6.45) is 0. The molecule has 0 spiro atoms. The van der Waals surface area contributed by atoms with Crippen LogP contribution >= 0.6 is 11.6 Å². The molecular formula is C19H20ClN3O2. The van der Waals surface area contributed by atoms with Gasteiger partial charge in [0.1, 0.15) is 12.4 Å². The molecule has 0 aliphatic heterocycles. The van der Waals surface area contributed by atoms with E-state index in [9.17, 15) is 0 Å². The molecule has 0 amide bonds. The van der Waals surface area contributed by atoms with Gasteiger partial charge in [0.05, 0.1) is 6.54 Å². The lowest BCUT2D eigenvalue weighted by Crippen LogP contribution is -2.24. The second kappa shape index (κ2) is 8.14. The SMILES string of the molecule is Cc1ccccc1-c1noc(CN(C)CCOc2ccc(Cl)cc2)n1. The monoisotopic (exact) mass is 357 g/mol. The van der Waals surface area contributed by atoms with Gasteiger partial charge in [-0.2, -0.15) is 4.98 Å². The van der Waals surface area contributed by atoms with Crippen LogP contribution in [-0.2, 0) is 6.54 Å². The fourth-order valence-corrected chi connectivity index (χ4v) is 2.54. The van der Waals surface area contributed by atoms with E-state index >= 15 is 0 Å². The summed E-state index contributed by atoms with van der Waals surface area (Å²) in [6, 6.07) is 15.3. The maximum Gasteiger partial charge on any atom is 0.241 e. The van der Waals surface area contributed by atoms with Crippen molar-refractivity contribution in [2.75, 3.05) is 20.2 Å². The summed E-state index contributed by atoms with van der Waals surface area (Å²) in [7, 11) is 1.99. The van der Waals surface area contributed by atoms with E-state index in [0.717, 1.165) is 23.4 Å². The topological polar surface area (TPSA) is 51.4 Å². The average Bonchev–Trinajstić information content (AvgIpc) is 3.05. The Bertz CT molecular complexity index is 818. The van der Waals surface area contributed by atoms with E-state index in [1.165, 1.54) is 0 Å². The summed E-state index contributed by atoms with van der Waals surface area (Å²) < 4.78 is 11.1. The molecule has 0 fully saturated rings. The van der Waals surface area contributed by atoms with Crippen LogP contribution in [0.1, 0.15) is 11.5 Å². The highest BCUT2D eigenvalue weighted by molar-refractivity contribution is 6.30. The van der Waals surface area contributed by atoms with Gasteiger partial charge in [0.15, 0.2) is 0 Å². The summed E-state index contributed by atoms with van der Waals surface area (Å²) in [4.78, 5) is 6.56. The molecule has 0 N–H and O–H groups in total. The molecule has 1 aromatic heterocycles. The number of benzene rings is 2. The minimum absolute atomic E-state index is 0.566. The minimum atomic E-state index is 0.566. The number of likely N-dealkylation sites (N-methyl/N-ethyl adjacent to an activating group) is 1. The third kappa shape index (κ3) is 4.81. The summed E-state index contributed by atoms with van der Waals surface area (Å²) in [6.45, 7) is 3.91. The van der Waals surface area contributed by atoms with Crippen molar-refractivity contribution in [3.63, 3.8) is 0 Å². The molecule has 0 saturated heterocycles. The van der Waals surface area contributed by atoms with E-state index in [-0.39, 0.29) is 0 Å². The van der Waals surface area contributed by atoms with Crippen molar-refractivity contribution in [1.29, 1.82) is 0 Å². The fourth-order valence-electron chi connectivity index (χ4n) is 2.41. The van der Waals surface area contributed by atoms with Gasteiger partial charge in [-0.25, -0.2) is 0 Å². The molecule has 0 unspecified atom stereocenters. The molecule has 5 nitrogen and oxygen atoms in total. The smallest absolute Gasteiger partial charge is 0.241 e. The Labute approximate surface area is 152 Å². The van der Waals surface area contributed by atoms with Crippen molar-refractivity contribution in [1.82, 2.24) is 15.0 Å². The van der Waals surface area contributed by atoms with Crippen LogP contribution in [0.25, 0.3) is 11.4 Å². The van der Waals surface area contributed by atoms with Gasteiger partial charge in [0, 0.05) is 17.1 Å². The Morgan fingerprint density at radius 1 is 1.12 bits per heavy atom. The average molecular weight is 358 g/mol. The number of hydrogen-bond donors (Lipinski definition) is 0. The third-order valence-corrected chi connectivity index (χ3v) is 4.07. The maximum absolute atomic E-state index is 5.86. The Morgan fingerprint density at radius 3 is 2.64 bits per heavy atom. The van der Waals surface area contributed by atoms with Crippen molar-refractivity contribution in [2.24, 2.45) is 0 Å². The summed E-state index contributed by atoms with van der Waals surface area (Å²) in [5.41, 5.74) is 2.12. The largest absolute Gasteiger partial charge is 0.492 e. The van der Waals surface area contributed by atoms with E-state index in [2.05, 4.69) is 15.0 Å². The van der Waals surface area contributed by atoms with E-state index in [0.29, 0.717) is 29.9 Å². The molecular weight excluding hydrogens is 338 g/mol. The molecule has 1 heterocycles. The molecule has 2 aromatic carbocycles. The van der Waals surface area contributed by atoms with Crippen LogP contribution < -0.4 is 4.74 Å². The molecule has 0 saturated carbocycles. The predicted octanol–water partition coefficient (Wildman–Crippen LogP) is 4.21. The number of rotatable bonds is 7. The van der Waals surface area contributed by atoms with Crippen LogP contribution in [-0.4, -0.2) is 35.2 Å². The van der Waals surface area contributed by atoms with Gasteiger partial charge in [0.2, 0.25) is 11.7 Å². The van der Waals surface area contributed by atoms with E-state index in [1.54, 1.807) is 0 Å². The van der Waals surface area contributed by atoms with Gasteiger partial charge >= 0.3 is 0 Å². The minimum Gasteiger partial charge on any atom is -0.492 e. The van der Waals surface area contributed by atoms with Crippen LogP contribution in [0, 0.1) is 6.92 Å². The van der Waals surface area contributed by atoms with Crippen molar-refractivity contribution in [3.05, 3.63) is 65.0 Å². The fraction of sp³-hybridized carbons (Fsp3) is 0.263. The van der Waals surface area contributed by atoms with Crippen molar-refractivity contribution >= 4 is 11.6 Å². The Hall–Kier alpha value is -2.37. The van der Waals surface area contributed by atoms with Crippen LogP contribution in [0.3, 0.4) is 0 Å². The van der Waals surface area contributed by atoms with Gasteiger partial charge in [0.25, 0.3) is 0 Å². The zero-order valence-corrected chi connectivity index (χ0v) is 15.0. The highest BCUT2D eigenvalue weighted by Gasteiger charge is 2.12. The number of ether oxygens (including phenoxy) is 1. The summed E-state index contributed by atoms with van der Waals surface area (Å²) in [5, 5.41) is 4.78. The second-order valence-corrected chi connectivity index (χ2v) is 6.30. The van der Waals surface area contributed by atoms with Gasteiger partial charge in [-0.3, -0.25) is 4.90 Å². The van der Waals surface area contributed by atoms with Crippen molar-refractivity contribution in [3.8, 4) is 17.1 Å². The van der Waals surface area contributed by atoms with Crippen LogP contribution in [0.5, 0.6) is 5.75 Å². The Balaban J connectivity index is 1.51. The highest BCUT2D eigenvalue weighted by atomic mass is 35.5. The van der Waals surface area contributed by atoms with E-state index in [4.69, 9.17) is 20.9 Å². The predicted molar refractivity (Wildman–Crippen MR) is 97.8 cm³/mol. The molecule has 3 rings (SSSR count). The molecule has 0 radical (unpaired) electrons. The molecule has 3 aromatic rings. The zero-order chi connectivity index (χ0) is 17.6. The molecule has 6 heteroatoms. The van der Waals surface area contributed by atoms with Crippen molar-refractivity contribution < 1.29 is 9.26 Å². The third-order valence-electron chi connectivity index (χ3n) is 3.81. The van der Waals surface area contributed by atoms with Crippen LogP contribution in [0.15, 0.2) is 53.1 Å². The Kier molecular flexibility index (Phi) is 5.68. The van der Waals surface area contributed by atoms with Crippen LogP contribution in [0.2, 0.25) is 5.02 Å². The number of hydrogen-bond acceptors (Lipinski definition) is 5. The summed E-state index contributed by atoms with van der Waals surface area (Å²) >= 11 is 5.86. The second-order valence-electron chi connectivity index (χ2n) is 5.87. The van der Waals surface area contributed by atoms with Crippen molar-refractivity contribution in [2.45, 2.75) is 13.5 Å². The lowest BCUT2D eigenvalue weighted by Gasteiger charge is -2.14. The first-order valence-corrected chi connectivity index (χ1v) is 8.45. The van der Waals surface area contributed by atoms with Gasteiger partial charge < -0.3 is 9.26 Å². The number of nitrogens with zero attached hydrogens (tertiary/aromatic N) is 3. The Morgan fingerprint density at radius 2 is 1.88 bits per heavy atom. The first-order valence-electron chi connectivity index (χ1n) is 8.07. The quantitative estimate of drug-likeness (QED) is 0.634. The molecule has 0 aliphatic rings. The number of halogens is 1. The molecule has 0 aliphatic carbocycles. The lowest BCUT2D eigenvalue weighted by atomic mass is 10.1. The van der Waals surface area contributed by atoms with Gasteiger partial charge in [-0.05, 0) is 43.8 Å². The molecule has 25 heavy (non-hydrogen) atoms.